The van der Waals surface area contributed by atoms with E-state index in [1.54, 1.807) is 4.68 Å². The molecule has 0 N–H and O–H groups in total. The normalized spacial score (nSPS) is 11.5. The minimum absolute atomic E-state index is 0.696. The molecule has 0 aliphatic heterocycles. The van der Waals surface area contributed by atoms with Crippen molar-refractivity contribution in [3.8, 4) is 5.69 Å². The molecule has 3 rings (SSSR count). The van der Waals surface area contributed by atoms with Crippen molar-refractivity contribution in [2.24, 2.45) is 0 Å². The van der Waals surface area contributed by atoms with Crippen LogP contribution in [-0.4, -0.2) is 20.2 Å². The molecule has 0 bridgehead atoms. The average Bonchev–Trinajstić information content (AvgIpc) is 3.02. The lowest BCUT2D eigenvalue weighted by Crippen LogP contribution is -1.99. The summed E-state index contributed by atoms with van der Waals surface area (Å²) in [5.74, 6) is 0.696. The Balaban J connectivity index is 1.76. The smallest absolute Gasteiger partial charge is 0.179 e. The summed E-state index contributed by atoms with van der Waals surface area (Å²) in [4.78, 5) is 0. The van der Waals surface area contributed by atoms with Crippen LogP contribution in [0.5, 0.6) is 0 Å². The molecule has 0 unspecified atom stereocenters. The first-order valence-electron chi connectivity index (χ1n) is 7.08. The Hall–Kier alpha value is -3.01. The third kappa shape index (κ3) is 3.35. The summed E-state index contributed by atoms with van der Waals surface area (Å²) in [6, 6.07) is 18.2. The molecular weight excluding hydrogens is 272 g/mol. The summed E-state index contributed by atoms with van der Waals surface area (Å²) in [5, 5.41) is 11.8. The van der Waals surface area contributed by atoms with E-state index >= 15 is 0 Å². The van der Waals surface area contributed by atoms with Crippen molar-refractivity contribution in [2.75, 3.05) is 0 Å². The van der Waals surface area contributed by atoms with Crippen molar-refractivity contribution in [2.45, 2.75) is 6.92 Å². The molecular formula is C18H16N4. The topological polar surface area (TPSA) is 43.6 Å². The van der Waals surface area contributed by atoms with Gasteiger partial charge in [0.2, 0.25) is 0 Å². The first-order valence-corrected chi connectivity index (χ1v) is 7.08. The number of hydrogen-bond donors (Lipinski definition) is 0. The molecule has 0 spiro atoms. The zero-order valence-corrected chi connectivity index (χ0v) is 12.3. The zero-order chi connectivity index (χ0) is 15.2. The number of allylic oxidation sites excluding steroid dienone is 2. The maximum atomic E-state index is 4.04. The number of rotatable bonds is 4. The van der Waals surface area contributed by atoms with Crippen LogP contribution in [0.25, 0.3) is 17.8 Å². The van der Waals surface area contributed by atoms with Gasteiger partial charge in [0.05, 0.1) is 5.69 Å². The van der Waals surface area contributed by atoms with Crippen molar-refractivity contribution in [3.63, 3.8) is 0 Å². The highest BCUT2D eigenvalue weighted by atomic mass is 15.5. The highest BCUT2D eigenvalue weighted by Gasteiger charge is 2.03. The third-order valence-corrected chi connectivity index (χ3v) is 3.22. The van der Waals surface area contributed by atoms with E-state index < -0.39 is 0 Å². The Bertz CT molecular complexity index is 783. The van der Waals surface area contributed by atoms with Gasteiger partial charge in [-0.2, -0.15) is 4.68 Å². The lowest BCUT2D eigenvalue weighted by Gasteiger charge is -2.01. The van der Waals surface area contributed by atoms with Crippen LogP contribution in [-0.2, 0) is 0 Å². The summed E-state index contributed by atoms with van der Waals surface area (Å²) in [6.07, 6.45) is 7.84. The second-order valence-electron chi connectivity index (χ2n) is 4.91. The monoisotopic (exact) mass is 288 g/mol. The van der Waals surface area contributed by atoms with Crippen molar-refractivity contribution >= 4 is 12.2 Å². The Morgan fingerprint density at radius 1 is 0.864 bits per heavy atom. The van der Waals surface area contributed by atoms with E-state index in [0.29, 0.717) is 5.82 Å². The molecule has 108 valence electrons. The molecule has 0 fully saturated rings. The summed E-state index contributed by atoms with van der Waals surface area (Å²) in [5.41, 5.74) is 3.31. The predicted octanol–water partition coefficient (Wildman–Crippen LogP) is 3.70. The van der Waals surface area contributed by atoms with Gasteiger partial charge in [0, 0.05) is 0 Å². The second-order valence-corrected chi connectivity index (χ2v) is 4.91. The molecule has 1 heterocycles. The van der Waals surface area contributed by atoms with Crippen LogP contribution < -0.4 is 0 Å². The average molecular weight is 288 g/mol. The molecule has 0 saturated heterocycles. The molecule has 4 nitrogen and oxygen atoms in total. The molecule has 0 atom stereocenters. The quantitative estimate of drug-likeness (QED) is 0.688. The van der Waals surface area contributed by atoms with Crippen LogP contribution in [0.2, 0.25) is 0 Å². The summed E-state index contributed by atoms with van der Waals surface area (Å²) < 4.78 is 1.71. The number of benzene rings is 2. The Morgan fingerprint density at radius 3 is 2.36 bits per heavy atom. The molecule has 3 aromatic rings. The number of tetrazole rings is 1. The predicted molar refractivity (Wildman–Crippen MR) is 88.4 cm³/mol. The standard InChI is InChI=1S/C18H16N4/c1-15-11-13-17(14-12-15)22-18(19-20-21-22)10-6-5-9-16-7-3-2-4-8-16/h2-14H,1H3. The van der Waals surface area contributed by atoms with Gasteiger partial charge in [-0.15, -0.1) is 5.10 Å². The number of nitrogens with zero attached hydrogens (tertiary/aromatic N) is 4. The lowest BCUT2D eigenvalue weighted by atomic mass is 10.2. The van der Waals surface area contributed by atoms with Crippen LogP contribution in [0.3, 0.4) is 0 Å². The molecule has 0 aliphatic carbocycles. The van der Waals surface area contributed by atoms with Gasteiger partial charge in [-0.25, -0.2) is 0 Å². The van der Waals surface area contributed by atoms with Crippen LogP contribution in [0, 0.1) is 6.92 Å². The van der Waals surface area contributed by atoms with Gasteiger partial charge in [-0.1, -0.05) is 66.3 Å². The van der Waals surface area contributed by atoms with Crippen LogP contribution >= 0.6 is 0 Å². The minimum atomic E-state index is 0.696. The number of hydrogen-bond acceptors (Lipinski definition) is 3. The first-order chi connectivity index (χ1) is 10.8. The van der Waals surface area contributed by atoms with E-state index in [4.69, 9.17) is 0 Å². The largest absolute Gasteiger partial charge is 0.193 e. The SMILES string of the molecule is Cc1ccc(-n2nnnc2C=CC=Cc2ccccc2)cc1. The van der Waals surface area contributed by atoms with Crippen LogP contribution in [0.15, 0.2) is 66.7 Å². The summed E-state index contributed by atoms with van der Waals surface area (Å²) in [6.45, 7) is 2.05. The molecule has 22 heavy (non-hydrogen) atoms. The molecule has 0 saturated carbocycles. The fourth-order valence-electron chi connectivity index (χ4n) is 2.04. The van der Waals surface area contributed by atoms with E-state index in [2.05, 4.69) is 34.6 Å². The molecule has 0 aliphatic rings. The first kappa shape index (κ1) is 13.9. The molecule has 1 aromatic heterocycles. The summed E-state index contributed by atoms with van der Waals surface area (Å²) in [7, 11) is 0. The molecule has 0 radical (unpaired) electrons. The van der Waals surface area contributed by atoms with Crippen LogP contribution in [0.1, 0.15) is 17.0 Å². The highest BCUT2D eigenvalue weighted by Crippen LogP contribution is 2.10. The van der Waals surface area contributed by atoms with Gasteiger partial charge in [-0.3, -0.25) is 0 Å². The maximum Gasteiger partial charge on any atom is 0.179 e. The van der Waals surface area contributed by atoms with Gasteiger partial charge in [0.25, 0.3) is 0 Å². The van der Waals surface area contributed by atoms with Crippen LogP contribution in [0.4, 0.5) is 0 Å². The zero-order valence-electron chi connectivity index (χ0n) is 12.3. The number of aryl methyl sites for hydroxylation is 1. The Labute approximate surface area is 129 Å². The summed E-state index contributed by atoms with van der Waals surface area (Å²) >= 11 is 0. The highest BCUT2D eigenvalue weighted by molar-refractivity contribution is 5.55. The van der Waals surface area contributed by atoms with Crippen molar-refractivity contribution < 1.29 is 0 Å². The van der Waals surface area contributed by atoms with Gasteiger partial charge in [0.15, 0.2) is 5.82 Å². The van der Waals surface area contributed by atoms with Gasteiger partial charge in [0.1, 0.15) is 0 Å². The van der Waals surface area contributed by atoms with Gasteiger partial charge >= 0.3 is 0 Å². The third-order valence-electron chi connectivity index (χ3n) is 3.22. The fraction of sp³-hybridized carbons (Fsp3) is 0.0556. The van der Waals surface area contributed by atoms with Crippen molar-refractivity contribution in [3.05, 3.63) is 83.7 Å². The van der Waals surface area contributed by atoms with E-state index in [-0.39, 0.29) is 0 Å². The molecule has 2 aromatic carbocycles. The minimum Gasteiger partial charge on any atom is -0.193 e. The number of aromatic nitrogens is 4. The lowest BCUT2D eigenvalue weighted by molar-refractivity contribution is 0.786. The van der Waals surface area contributed by atoms with Gasteiger partial charge < -0.3 is 0 Å². The Morgan fingerprint density at radius 2 is 1.59 bits per heavy atom. The molecule has 0 amide bonds. The van der Waals surface area contributed by atoms with E-state index in [1.807, 2.05) is 66.8 Å². The van der Waals surface area contributed by atoms with Crippen molar-refractivity contribution in [1.82, 2.24) is 20.2 Å². The molecule has 4 heteroatoms. The van der Waals surface area contributed by atoms with Crippen molar-refractivity contribution in [1.29, 1.82) is 0 Å². The Kier molecular flexibility index (Phi) is 4.20. The van der Waals surface area contributed by atoms with E-state index in [0.717, 1.165) is 11.3 Å². The maximum absolute atomic E-state index is 4.04. The fourth-order valence-corrected chi connectivity index (χ4v) is 2.04. The van der Waals surface area contributed by atoms with E-state index in [9.17, 15) is 0 Å². The second kappa shape index (κ2) is 6.63. The van der Waals surface area contributed by atoms with Gasteiger partial charge in [-0.05, 0) is 41.1 Å². The van der Waals surface area contributed by atoms with E-state index in [1.165, 1.54) is 5.56 Å².